The number of rotatable bonds is 11. The minimum Gasteiger partial charge on any atom is -0.484 e. The molecule has 0 saturated carbocycles. The summed E-state index contributed by atoms with van der Waals surface area (Å²) in [5, 5.41) is 3.62. The molecular formula is C32H39ClN2O3. The van der Waals surface area contributed by atoms with E-state index in [1.54, 1.807) is 11.0 Å². The molecule has 3 aromatic rings. The van der Waals surface area contributed by atoms with Gasteiger partial charge in [0.2, 0.25) is 5.91 Å². The molecule has 0 saturated heterocycles. The molecule has 0 spiro atoms. The maximum Gasteiger partial charge on any atom is 0.261 e. The molecule has 3 rings (SSSR count). The van der Waals surface area contributed by atoms with Gasteiger partial charge in [-0.1, -0.05) is 100.0 Å². The molecule has 0 fully saturated rings. The highest BCUT2D eigenvalue weighted by molar-refractivity contribution is 6.31. The number of ether oxygens (including phenoxy) is 1. The summed E-state index contributed by atoms with van der Waals surface area (Å²) < 4.78 is 5.91. The van der Waals surface area contributed by atoms with E-state index >= 15 is 0 Å². The van der Waals surface area contributed by atoms with Crippen LogP contribution < -0.4 is 10.1 Å². The van der Waals surface area contributed by atoms with Crippen LogP contribution in [0.3, 0.4) is 0 Å². The fourth-order valence-electron chi connectivity index (χ4n) is 4.08. The highest BCUT2D eigenvalue weighted by Gasteiger charge is 2.31. The van der Waals surface area contributed by atoms with E-state index in [-0.39, 0.29) is 36.4 Å². The van der Waals surface area contributed by atoms with Crippen molar-refractivity contribution in [3.8, 4) is 5.75 Å². The monoisotopic (exact) mass is 534 g/mol. The zero-order valence-electron chi connectivity index (χ0n) is 23.0. The van der Waals surface area contributed by atoms with Crippen LogP contribution in [0.15, 0.2) is 78.9 Å². The zero-order chi connectivity index (χ0) is 27.7. The van der Waals surface area contributed by atoms with Crippen molar-refractivity contribution in [2.45, 2.75) is 71.5 Å². The van der Waals surface area contributed by atoms with Gasteiger partial charge in [0.25, 0.3) is 5.91 Å². The maximum absolute atomic E-state index is 13.7. The van der Waals surface area contributed by atoms with E-state index in [9.17, 15) is 9.59 Å². The Labute approximate surface area is 232 Å². The molecule has 0 bridgehead atoms. The van der Waals surface area contributed by atoms with Gasteiger partial charge in [-0.15, -0.1) is 0 Å². The minimum atomic E-state index is -0.734. The normalized spacial score (nSPS) is 12.9. The molecule has 0 aromatic heterocycles. The van der Waals surface area contributed by atoms with E-state index in [0.717, 1.165) is 17.5 Å². The molecule has 0 aliphatic rings. The summed E-state index contributed by atoms with van der Waals surface area (Å²) in [6.07, 6.45) is 1.16. The van der Waals surface area contributed by atoms with Gasteiger partial charge < -0.3 is 15.0 Å². The molecule has 5 nitrogen and oxygen atoms in total. The average molecular weight is 535 g/mol. The quantitative estimate of drug-likeness (QED) is 0.302. The van der Waals surface area contributed by atoms with E-state index in [2.05, 4.69) is 26.1 Å². The second-order valence-electron chi connectivity index (χ2n) is 10.7. The third kappa shape index (κ3) is 8.35. The SMILES string of the molecule is CC[C@@H](C)NC(=O)[C@H](Cc1ccccc1)N(Cc1ccccc1Cl)C(=O)COc1ccc(C(C)(C)C)cc1. The van der Waals surface area contributed by atoms with Gasteiger partial charge in [-0.25, -0.2) is 0 Å². The summed E-state index contributed by atoms with van der Waals surface area (Å²) in [4.78, 5) is 28.9. The lowest BCUT2D eigenvalue weighted by Crippen LogP contribution is -2.53. The van der Waals surface area contributed by atoms with Gasteiger partial charge in [0.05, 0.1) is 0 Å². The van der Waals surface area contributed by atoms with Crippen LogP contribution >= 0.6 is 11.6 Å². The summed E-state index contributed by atoms with van der Waals surface area (Å²) in [6, 6.07) is 24.2. The molecule has 1 N–H and O–H groups in total. The number of hydrogen-bond donors (Lipinski definition) is 1. The molecule has 0 heterocycles. The Kier molecular flexibility index (Phi) is 10.4. The summed E-state index contributed by atoms with van der Waals surface area (Å²) in [5.74, 6) is 0.121. The van der Waals surface area contributed by atoms with E-state index in [1.165, 1.54) is 5.56 Å². The predicted octanol–water partition coefficient (Wildman–Crippen LogP) is 6.57. The molecule has 0 radical (unpaired) electrons. The Morgan fingerprint density at radius 2 is 1.58 bits per heavy atom. The molecule has 3 aromatic carbocycles. The smallest absolute Gasteiger partial charge is 0.261 e. The van der Waals surface area contributed by atoms with E-state index in [0.29, 0.717) is 17.2 Å². The highest BCUT2D eigenvalue weighted by atomic mass is 35.5. The predicted molar refractivity (Wildman–Crippen MR) is 154 cm³/mol. The minimum absolute atomic E-state index is 0.0179. The number of halogens is 1. The van der Waals surface area contributed by atoms with Crippen molar-refractivity contribution in [3.63, 3.8) is 0 Å². The van der Waals surface area contributed by atoms with Crippen molar-refractivity contribution in [1.29, 1.82) is 0 Å². The van der Waals surface area contributed by atoms with Crippen molar-refractivity contribution < 1.29 is 14.3 Å². The first-order valence-corrected chi connectivity index (χ1v) is 13.6. The number of nitrogens with one attached hydrogen (secondary N) is 1. The second-order valence-corrected chi connectivity index (χ2v) is 11.1. The molecule has 2 amide bonds. The average Bonchev–Trinajstić information content (AvgIpc) is 2.90. The number of carbonyl (C=O) groups excluding carboxylic acids is 2. The summed E-state index contributed by atoms with van der Waals surface area (Å²) in [6.45, 7) is 10.4. The summed E-state index contributed by atoms with van der Waals surface area (Å²) >= 11 is 6.48. The fraction of sp³-hybridized carbons (Fsp3) is 0.375. The Balaban J connectivity index is 1.90. The standard InChI is InChI=1S/C32H39ClN2O3/c1-6-23(2)34-31(37)29(20-24-12-8-7-9-13-24)35(21-25-14-10-11-15-28(25)33)30(36)22-38-27-18-16-26(17-19-27)32(3,4)5/h7-19,23,29H,6,20-22H2,1-5H3,(H,34,37)/t23-,29+/m1/s1. The van der Waals surface area contributed by atoms with Gasteiger partial charge in [-0.2, -0.15) is 0 Å². The topological polar surface area (TPSA) is 58.6 Å². The first-order chi connectivity index (χ1) is 18.1. The molecule has 0 unspecified atom stereocenters. The Bertz CT molecular complexity index is 1190. The number of benzene rings is 3. The summed E-state index contributed by atoms with van der Waals surface area (Å²) in [7, 11) is 0. The molecule has 2 atom stereocenters. The number of nitrogens with zero attached hydrogens (tertiary/aromatic N) is 1. The molecule has 38 heavy (non-hydrogen) atoms. The van der Waals surface area contributed by atoms with Crippen LogP contribution in [0.1, 0.15) is 57.7 Å². The lowest BCUT2D eigenvalue weighted by Gasteiger charge is -2.32. The lowest BCUT2D eigenvalue weighted by atomic mass is 9.87. The third-order valence-electron chi connectivity index (χ3n) is 6.65. The van der Waals surface area contributed by atoms with Crippen molar-refractivity contribution in [1.82, 2.24) is 10.2 Å². The van der Waals surface area contributed by atoms with E-state index in [1.807, 2.05) is 86.6 Å². The number of carbonyl (C=O) groups is 2. The first kappa shape index (κ1) is 29.2. The molecule has 0 aliphatic carbocycles. The van der Waals surface area contributed by atoms with Gasteiger partial charge in [0.1, 0.15) is 11.8 Å². The van der Waals surface area contributed by atoms with Crippen LogP contribution in [0.2, 0.25) is 5.02 Å². The van der Waals surface area contributed by atoms with Gasteiger partial charge >= 0.3 is 0 Å². The van der Waals surface area contributed by atoms with Crippen molar-refractivity contribution in [2.75, 3.05) is 6.61 Å². The van der Waals surface area contributed by atoms with Crippen LogP contribution in [-0.4, -0.2) is 35.4 Å². The lowest BCUT2D eigenvalue weighted by molar-refractivity contribution is -0.143. The van der Waals surface area contributed by atoms with Gasteiger partial charge in [-0.3, -0.25) is 9.59 Å². The Morgan fingerprint density at radius 1 is 0.947 bits per heavy atom. The van der Waals surface area contributed by atoms with Crippen LogP contribution in [-0.2, 0) is 28.0 Å². The highest BCUT2D eigenvalue weighted by Crippen LogP contribution is 2.25. The van der Waals surface area contributed by atoms with Crippen LogP contribution in [0.5, 0.6) is 5.75 Å². The second kappa shape index (κ2) is 13.5. The Hall–Kier alpha value is -3.31. The van der Waals surface area contributed by atoms with Crippen LogP contribution in [0.25, 0.3) is 0 Å². The van der Waals surface area contributed by atoms with Crippen molar-refractivity contribution in [3.05, 3.63) is 101 Å². The van der Waals surface area contributed by atoms with Gasteiger partial charge in [0.15, 0.2) is 6.61 Å². The van der Waals surface area contributed by atoms with Crippen molar-refractivity contribution in [2.24, 2.45) is 0 Å². The fourth-order valence-corrected chi connectivity index (χ4v) is 4.28. The molecular weight excluding hydrogens is 496 g/mol. The third-order valence-corrected chi connectivity index (χ3v) is 7.02. The summed E-state index contributed by atoms with van der Waals surface area (Å²) in [5.41, 5.74) is 2.94. The van der Waals surface area contributed by atoms with Crippen LogP contribution in [0, 0.1) is 0 Å². The van der Waals surface area contributed by atoms with Gasteiger partial charge in [-0.05, 0) is 53.6 Å². The van der Waals surface area contributed by atoms with Crippen molar-refractivity contribution >= 4 is 23.4 Å². The molecule has 202 valence electrons. The number of hydrogen-bond acceptors (Lipinski definition) is 3. The molecule has 6 heteroatoms. The maximum atomic E-state index is 13.7. The first-order valence-electron chi connectivity index (χ1n) is 13.2. The number of amides is 2. The zero-order valence-corrected chi connectivity index (χ0v) is 23.8. The van der Waals surface area contributed by atoms with E-state index < -0.39 is 6.04 Å². The van der Waals surface area contributed by atoms with Crippen LogP contribution in [0.4, 0.5) is 0 Å². The molecule has 0 aliphatic heterocycles. The van der Waals surface area contributed by atoms with Gasteiger partial charge in [0, 0.05) is 24.0 Å². The Morgan fingerprint density at radius 3 is 2.18 bits per heavy atom. The van der Waals surface area contributed by atoms with E-state index in [4.69, 9.17) is 16.3 Å². The largest absolute Gasteiger partial charge is 0.484 e.